The van der Waals surface area contributed by atoms with Crippen LogP contribution in [0.2, 0.25) is 0 Å². The first-order valence-corrected chi connectivity index (χ1v) is 11.9. The molecule has 0 saturated carbocycles. The van der Waals surface area contributed by atoms with Gasteiger partial charge in [-0.15, -0.1) is 0 Å². The first-order chi connectivity index (χ1) is 12.9. The Morgan fingerprint density at radius 3 is 2.00 bits per heavy atom. The zero-order valence-electron chi connectivity index (χ0n) is 18.2. The summed E-state index contributed by atoms with van der Waals surface area (Å²) in [4.78, 5) is 13.1. The van der Waals surface area contributed by atoms with Crippen molar-refractivity contribution in [3.63, 3.8) is 0 Å². The molecule has 5 nitrogen and oxygen atoms in total. The number of unbranched alkanes of at least 4 members (excludes halogenated alkanes) is 8. The molecule has 0 N–H and O–H groups in total. The molecule has 0 aromatic carbocycles. The van der Waals surface area contributed by atoms with Crippen LogP contribution in [-0.4, -0.2) is 43.1 Å². The number of nitrogens with zero attached hydrogens (tertiary/aromatic N) is 1. The average Bonchev–Trinajstić information content (AvgIpc) is 2.62. The first kappa shape index (κ1) is 30.1. The normalized spacial score (nSPS) is 11.8. The molecule has 0 fully saturated rings. The summed E-state index contributed by atoms with van der Waals surface area (Å²) < 4.78 is 31.7. The van der Waals surface area contributed by atoms with Gasteiger partial charge >= 0.3 is 29.6 Å². The van der Waals surface area contributed by atoms with Crippen molar-refractivity contribution in [3.05, 3.63) is 24.3 Å². The Bertz CT molecular complexity index is 533. The van der Waals surface area contributed by atoms with Gasteiger partial charge in [0.25, 0.3) is 0 Å². The van der Waals surface area contributed by atoms with Crippen LogP contribution in [0.5, 0.6) is 0 Å². The molecule has 0 spiro atoms. The third-order valence-electron chi connectivity index (χ3n) is 4.44. The van der Waals surface area contributed by atoms with Crippen LogP contribution in [0, 0.1) is 0 Å². The van der Waals surface area contributed by atoms with Crippen molar-refractivity contribution in [2.45, 2.75) is 84.0 Å². The van der Waals surface area contributed by atoms with Gasteiger partial charge < -0.3 is 9.45 Å². The summed E-state index contributed by atoms with van der Waals surface area (Å²) in [7, 11) is -2.71. The molecule has 0 unspecified atom stereocenters. The Morgan fingerprint density at radius 2 is 1.43 bits per heavy atom. The third-order valence-corrected chi connectivity index (χ3v) is 5.13. The molecule has 0 aliphatic rings. The number of hydrogen-bond acceptors (Lipinski definition) is 4. The van der Waals surface area contributed by atoms with E-state index in [9.17, 15) is 17.8 Å². The number of carbonyl (C=O) groups is 1. The van der Waals surface area contributed by atoms with Crippen LogP contribution < -0.4 is 29.6 Å². The van der Waals surface area contributed by atoms with Crippen LogP contribution in [0.4, 0.5) is 0 Å². The summed E-state index contributed by atoms with van der Waals surface area (Å²) in [5.41, 5.74) is 0. The second kappa shape index (κ2) is 20.1. The van der Waals surface area contributed by atoms with Gasteiger partial charge in [0.05, 0.1) is 15.9 Å². The number of hydrogen-bond donors (Lipinski definition) is 0. The SMILES string of the molecule is CCCCCC=CCC=CCCCCCCCC(=O)N(C)CCS(=O)(=O)[O-].[Na+]. The van der Waals surface area contributed by atoms with Gasteiger partial charge in [-0.05, 0) is 38.5 Å². The van der Waals surface area contributed by atoms with Crippen LogP contribution in [0.25, 0.3) is 0 Å². The molecule has 0 rings (SSSR count). The summed E-state index contributed by atoms with van der Waals surface area (Å²) in [6.45, 7) is 2.20. The molecule has 0 aromatic rings. The molecular formula is C21H38NNaO4S. The Morgan fingerprint density at radius 1 is 0.893 bits per heavy atom. The molecule has 0 radical (unpaired) electrons. The van der Waals surface area contributed by atoms with Crippen molar-refractivity contribution in [1.29, 1.82) is 0 Å². The standard InChI is InChI=1S/C21H39NO4S.Na/c1-3-4-5-6-7-8-9-10-11-12-13-14-15-16-17-18-21(23)22(2)19-20-27(24,25)26;/h7-8,10-11H,3-6,9,12-20H2,1-2H3,(H,24,25,26);/q;+1/p-1. The molecule has 0 bridgehead atoms. The van der Waals surface area contributed by atoms with E-state index in [2.05, 4.69) is 31.2 Å². The average molecular weight is 424 g/mol. The van der Waals surface area contributed by atoms with Crippen molar-refractivity contribution >= 4 is 16.0 Å². The van der Waals surface area contributed by atoms with Gasteiger partial charge in [-0.3, -0.25) is 4.79 Å². The molecule has 0 aliphatic heterocycles. The second-order valence-corrected chi connectivity index (χ2v) is 8.58. The predicted molar refractivity (Wildman–Crippen MR) is 112 cm³/mol. The summed E-state index contributed by atoms with van der Waals surface area (Å²) in [6, 6.07) is 0. The van der Waals surface area contributed by atoms with Gasteiger partial charge in [-0.2, -0.15) is 0 Å². The van der Waals surface area contributed by atoms with E-state index < -0.39 is 15.9 Å². The maximum atomic E-state index is 11.8. The number of allylic oxidation sites excluding steroid dienone is 4. The predicted octanol–water partition coefficient (Wildman–Crippen LogP) is 1.81. The van der Waals surface area contributed by atoms with Crippen molar-refractivity contribution in [3.8, 4) is 0 Å². The molecule has 0 heterocycles. The van der Waals surface area contributed by atoms with Crippen molar-refractivity contribution in [2.24, 2.45) is 0 Å². The number of amides is 1. The molecule has 158 valence electrons. The molecule has 7 heteroatoms. The number of rotatable bonds is 17. The molecule has 0 saturated heterocycles. The third kappa shape index (κ3) is 22.2. The molecule has 0 atom stereocenters. The zero-order valence-corrected chi connectivity index (χ0v) is 21.0. The Kier molecular flexibility index (Phi) is 21.6. The molecule has 0 aromatic heterocycles. The van der Waals surface area contributed by atoms with E-state index in [4.69, 9.17) is 0 Å². The second-order valence-electron chi connectivity index (χ2n) is 7.06. The number of carbonyl (C=O) groups excluding carboxylic acids is 1. The van der Waals surface area contributed by atoms with Crippen LogP contribution >= 0.6 is 0 Å². The van der Waals surface area contributed by atoms with Crippen molar-refractivity contribution < 1.29 is 47.3 Å². The molecule has 28 heavy (non-hydrogen) atoms. The minimum absolute atomic E-state index is 0. The van der Waals surface area contributed by atoms with E-state index in [1.54, 1.807) is 7.05 Å². The summed E-state index contributed by atoms with van der Waals surface area (Å²) in [5.74, 6) is -0.610. The Hall–Kier alpha value is -0.140. The monoisotopic (exact) mass is 423 g/mol. The molecule has 1 amide bonds. The van der Waals surface area contributed by atoms with Crippen LogP contribution in [-0.2, 0) is 14.9 Å². The summed E-state index contributed by atoms with van der Waals surface area (Å²) in [5, 5.41) is 0. The Labute approximate surface area is 195 Å². The van der Waals surface area contributed by atoms with Gasteiger partial charge in [-0.25, -0.2) is 8.42 Å². The van der Waals surface area contributed by atoms with Crippen LogP contribution in [0.1, 0.15) is 84.0 Å². The fourth-order valence-corrected chi connectivity index (χ4v) is 3.15. The van der Waals surface area contributed by atoms with Crippen molar-refractivity contribution in [1.82, 2.24) is 4.90 Å². The van der Waals surface area contributed by atoms with Gasteiger partial charge in [0.2, 0.25) is 5.91 Å². The summed E-state index contributed by atoms with van der Waals surface area (Å²) in [6.07, 6.45) is 21.9. The Balaban J connectivity index is 0. The van der Waals surface area contributed by atoms with E-state index in [0.29, 0.717) is 6.42 Å². The van der Waals surface area contributed by atoms with Crippen LogP contribution in [0.15, 0.2) is 24.3 Å². The van der Waals surface area contributed by atoms with E-state index >= 15 is 0 Å². The van der Waals surface area contributed by atoms with Gasteiger partial charge in [0, 0.05) is 20.0 Å². The smallest absolute Gasteiger partial charge is 0.748 e. The quantitative estimate of drug-likeness (QED) is 0.155. The topological polar surface area (TPSA) is 77.5 Å². The zero-order chi connectivity index (χ0) is 20.4. The van der Waals surface area contributed by atoms with Gasteiger partial charge in [0.1, 0.15) is 0 Å². The largest absolute Gasteiger partial charge is 1.00 e. The minimum Gasteiger partial charge on any atom is -0.748 e. The van der Waals surface area contributed by atoms with E-state index in [1.807, 2.05) is 0 Å². The van der Waals surface area contributed by atoms with Crippen molar-refractivity contribution in [2.75, 3.05) is 19.3 Å². The summed E-state index contributed by atoms with van der Waals surface area (Å²) >= 11 is 0. The fraction of sp³-hybridized carbons (Fsp3) is 0.762. The van der Waals surface area contributed by atoms with E-state index in [1.165, 1.54) is 37.0 Å². The molecular weight excluding hydrogens is 385 g/mol. The maximum absolute atomic E-state index is 11.8. The van der Waals surface area contributed by atoms with Gasteiger partial charge in [0.15, 0.2) is 0 Å². The molecule has 0 aliphatic carbocycles. The van der Waals surface area contributed by atoms with E-state index in [0.717, 1.165) is 38.5 Å². The minimum atomic E-state index is -4.26. The maximum Gasteiger partial charge on any atom is 1.00 e. The van der Waals surface area contributed by atoms with E-state index in [-0.39, 0.29) is 42.0 Å². The fourth-order valence-electron chi connectivity index (χ4n) is 2.65. The van der Waals surface area contributed by atoms with Gasteiger partial charge in [-0.1, -0.05) is 63.3 Å². The first-order valence-electron chi connectivity index (χ1n) is 10.3. The van der Waals surface area contributed by atoms with Crippen LogP contribution in [0.3, 0.4) is 0 Å².